The first-order chi connectivity index (χ1) is 8.65. The monoisotopic (exact) mass is 280 g/mol. The number of carbonyl (C=O) groups is 1. The molecule has 0 atom stereocenters. The number of ether oxygens (including phenoxy) is 1. The molecule has 0 N–H and O–H groups in total. The second-order valence-electron chi connectivity index (χ2n) is 3.71. The molecule has 92 valence electrons. The van der Waals surface area contributed by atoms with E-state index in [0.717, 1.165) is 5.56 Å². The molecule has 0 fully saturated rings. The minimum absolute atomic E-state index is 0.211. The van der Waals surface area contributed by atoms with Gasteiger partial charge in [0.15, 0.2) is 0 Å². The predicted octanol–water partition coefficient (Wildman–Crippen LogP) is 4.35. The van der Waals surface area contributed by atoms with Crippen LogP contribution in [0.5, 0.6) is 0 Å². The van der Waals surface area contributed by atoms with Crippen LogP contribution in [0.2, 0.25) is 10.0 Å². The van der Waals surface area contributed by atoms with Gasteiger partial charge in [-0.15, -0.1) is 0 Å². The lowest BCUT2D eigenvalue weighted by atomic mass is 10.2. The number of carbonyl (C=O) groups excluding carboxylic acids is 1. The summed E-state index contributed by atoms with van der Waals surface area (Å²) in [6.07, 6.45) is 0. The van der Waals surface area contributed by atoms with Crippen molar-refractivity contribution < 1.29 is 9.53 Å². The summed E-state index contributed by atoms with van der Waals surface area (Å²) in [5, 5.41) is 1.16. The van der Waals surface area contributed by atoms with Crippen molar-refractivity contribution in [1.82, 2.24) is 0 Å². The Kier molecular flexibility index (Phi) is 4.24. The first-order valence-electron chi connectivity index (χ1n) is 5.32. The van der Waals surface area contributed by atoms with E-state index in [1.165, 1.54) is 0 Å². The van der Waals surface area contributed by atoms with E-state index in [1.807, 2.05) is 12.1 Å². The van der Waals surface area contributed by atoms with Crippen molar-refractivity contribution >= 4 is 29.2 Å². The molecular formula is C14H10Cl2O2. The van der Waals surface area contributed by atoms with Crippen molar-refractivity contribution in [2.45, 2.75) is 6.61 Å². The molecule has 4 heteroatoms. The third-order valence-electron chi connectivity index (χ3n) is 2.34. The van der Waals surface area contributed by atoms with Gasteiger partial charge in [0.1, 0.15) is 6.61 Å². The molecule has 0 heterocycles. The molecule has 0 aliphatic rings. The summed E-state index contributed by atoms with van der Waals surface area (Å²) in [5.74, 6) is -0.396. The maximum atomic E-state index is 11.7. The molecular weight excluding hydrogens is 271 g/mol. The SMILES string of the molecule is O=C(OCc1ccc(Cl)cc1)c1cccc(Cl)c1. The van der Waals surface area contributed by atoms with Gasteiger partial charge in [-0.1, -0.05) is 41.4 Å². The molecule has 0 spiro atoms. The molecule has 2 aromatic carbocycles. The van der Waals surface area contributed by atoms with Crippen molar-refractivity contribution in [3.05, 3.63) is 69.7 Å². The van der Waals surface area contributed by atoms with Crippen LogP contribution >= 0.6 is 23.2 Å². The van der Waals surface area contributed by atoms with Gasteiger partial charge in [-0.05, 0) is 35.9 Å². The van der Waals surface area contributed by atoms with Gasteiger partial charge in [0, 0.05) is 10.0 Å². The molecule has 18 heavy (non-hydrogen) atoms. The molecule has 2 aromatic rings. The molecule has 2 rings (SSSR count). The molecule has 0 aliphatic carbocycles. The van der Waals surface area contributed by atoms with E-state index in [2.05, 4.69) is 0 Å². The Bertz CT molecular complexity index is 550. The van der Waals surface area contributed by atoms with Crippen LogP contribution < -0.4 is 0 Å². The third kappa shape index (κ3) is 3.49. The topological polar surface area (TPSA) is 26.3 Å². The Hall–Kier alpha value is -1.51. The Labute approximate surface area is 115 Å². The van der Waals surface area contributed by atoms with Crippen LogP contribution in [0.3, 0.4) is 0 Å². The molecule has 0 saturated carbocycles. The zero-order chi connectivity index (χ0) is 13.0. The molecule has 0 saturated heterocycles. The summed E-state index contributed by atoms with van der Waals surface area (Å²) in [5.41, 5.74) is 1.33. The number of esters is 1. The molecule has 0 aromatic heterocycles. The zero-order valence-corrected chi connectivity index (χ0v) is 10.9. The standard InChI is InChI=1S/C14H10Cl2O2/c15-12-6-4-10(5-7-12)9-18-14(17)11-2-1-3-13(16)8-11/h1-8H,9H2. The van der Waals surface area contributed by atoms with Crippen LogP contribution in [0.25, 0.3) is 0 Å². The van der Waals surface area contributed by atoms with Crippen LogP contribution in [0.1, 0.15) is 15.9 Å². The van der Waals surface area contributed by atoms with Crippen LogP contribution in [0.15, 0.2) is 48.5 Å². The summed E-state index contributed by atoms with van der Waals surface area (Å²) in [6.45, 7) is 0.211. The van der Waals surface area contributed by atoms with E-state index in [1.54, 1.807) is 36.4 Å². The Morgan fingerprint density at radius 3 is 2.39 bits per heavy atom. The molecule has 0 unspecified atom stereocenters. The highest BCUT2D eigenvalue weighted by molar-refractivity contribution is 6.31. The summed E-state index contributed by atoms with van der Waals surface area (Å²) in [6, 6.07) is 13.8. The fourth-order valence-electron chi connectivity index (χ4n) is 1.43. The first kappa shape index (κ1) is 12.9. The van der Waals surface area contributed by atoms with Gasteiger partial charge in [-0.3, -0.25) is 0 Å². The smallest absolute Gasteiger partial charge is 0.338 e. The lowest BCUT2D eigenvalue weighted by molar-refractivity contribution is 0.0473. The molecule has 0 bridgehead atoms. The number of hydrogen-bond donors (Lipinski definition) is 0. The first-order valence-corrected chi connectivity index (χ1v) is 6.08. The fourth-order valence-corrected chi connectivity index (χ4v) is 1.74. The normalized spacial score (nSPS) is 10.1. The van der Waals surface area contributed by atoms with Crippen molar-refractivity contribution in [2.24, 2.45) is 0 Å². The van der Waals surface area contributed by atoms with Crippen LogP contribution in [0.4, 0.5) is 0 Å². The van der Waals surface area contributed by atoms with E-state index in [0.29, 0.717) is 15.6 Å². The van der Waals surface area contributed by atoms with Crippen molar-refractivity contribution in [3.63, 3.8) is 0 Å². The maximum absolute atomic E-state index is 11.7. The molecule has 0 aliphatic heterocycles. The summed E-state index contributed by atoms with van der Waals surface area (Å²) >= 11 is 11.6. The van der Waals surface area contributed by atoms with Crippen molar-refractivity contribution in [3.8, 4) is 0 Å². The molecule has 0 radical (unpaired) electrons. The van der Waals surface area contributed by atoms with Crippen LogP contribution in [0, 0.1) is 0 Å². The molecule has 2 nitrogen and oxygen atoms in total. The minimum atomic E-state index is -0.396. The van der Waals surface area contributed by atoms with Gasteiger partial charge < -0.3 is 4.74 Å². The second kappa shape index (κ2) is 5.89. The van der Waals surface area contributed by atoms with E-state index in [-0.39, 0.29) is 6.61 Å². The molecule has 0 amide bonds. The maximum Gasteiger partial charge on any atom is 0.338 e. The second-order valence-corrected chi connectivity index (χ2v) is 4.59. The lowest BCUT2D eigenvalue weighted by Gasteiger charge is -2.05. The summed E-state index contributed by atoms with van der Waals surface area (Å²) in [7, 11) is 0. The van der Waals surface area contributed by atoms with E-state index < -0.39 is 5.97 Å². The van der Waals surface area contributed by atoms with Crippen LogP contribution in [-0.2, 0) is 11.3 Å². The average molecular weight is 281 g/mol. The van der Waals surface area contributed by atoms with Gasteiger partial charge in [0.05, 0.1) is 5.56 Å². The lowest BCUT2D eigenvalue weighted by Crippen LogP contribution is -2.04. The minimum Gasteiger partial charge on any atom is -0.457 e. The highest BCUT2D eigenvalue weighted by Crippen LogP contribution is 2.14. The Balaban J connectivity index is 1.98. The van der Waals surface area contributed by atoms with E-state index in [9.17, 15) is 4.79 Å². The zero-order valence-electron chi connectivity index (χ0n) is 9.40. The number of rotatable bonds is 3. The van der Waals surface area contributed by atoms with Crippen LogP contribution in [-0.4, -0.2) is 5.97 Å². The van der Waals surface area contributed by atoms with Gasteiger partial charge >= 0.3 is 5.97 Å². The fraction of sp³-hybridized carbons (Fsp3) is 0.0714. The third-order valence-corrected chi connectivity index (χ3v) is 2.83. The average Bonchev–Trinajstić information content (AvgIpc) is 2.38. The highest BCUT2D eigenvalue weighted by atomic mass is 35.5. The largest absolute Gasteiger partial charge is 0.457 e. The van der Waals surface area contributed by atoms with Gasteiger partial charge in [0.25, 0.3) is 0 Å². The highest BCUT2D eigenvalue weighted by Gasteiger charge is 2.07. The van der Waals surface area contributed by atoms with Crippen molar-refractivity contribution in [2.75, 3.05) is 0 Å². The van der Waals surface area contributed by atoms with E-state index in [4.69, 9.17) is 27.9 Å². The predicted molar refractivity (Wildman–Crippen MR) is 72.0 cm³/mol. The number of benzene rings is 2. The van der Waals surface area contributed by atoms with Gasteiger partial charge in [-0.2, -0.15) is 0 Å². The van der Waals surface area contributed by atoms with Gasteiger partial charge in [-0.25, -0.2) is 4.79 Å². The Morgan fingerprint density at radius 1 is 1.00 bits per heavy atom. The Morgan fingerprint density at radius 2 is 1.72 bits per heavy atom. The van der Waals surface area contributed by atoms with Crippen molar-refractivity contribution in [1.29, 1.82) is 0 Å². The van der Waals surface area contributed by atoms with Gasteiger partial charge in [0.2, 0.25) is 0 Å². The summed E-state index contributed by atoms with van der Waals surface area (Å²) in [4.78, 5) is 11.7. The quantitative estimate of drug-likeness (QED) is 0.782. The number of hydrogen-bond acceptors (Lipinski definition) is 2. The number of halogens is 2. The van der Waals surface area contributed by atoms with E-state index >= 15 is 0 Å². The summed E-state index contributed by atoms with van der Waals surface area (Å²) < 4.78 is 5.17.